The second-order valence-electron chi connectivity index (χ2n) is 5.13. The van der Waals surface area contributed by atoms with E-state index in [1.807, 2.05) is 6.92 Å². The fourth-order valence-corrected chi connectivity index (χ4v) is 2.22. The number of hydrogen-bond donors (Lipinski definition) is 2. The summed E-state index contributed by atoms with van der Waals surface area (Å²) in [6.45, 7) is 4.38. The van der Waals surface area contributed by atoms with Gasteiger partial charge in [-0.3, -0.25) is 9.59 Å². The van der Waals surface area contributed by atoms with Gasteiger partial charge in [0.2, 0.25) is 5.91 Å². The number of benzene rings is 1. The third kappa shape index (κ3) is 4.01. The second kappa shape index (κ2) is 7.31. The van der Waals surface area contributed by atoms with Crippen LogP contribution in [-0.2, 0) is 9.59 Å². The minimum atomic E-state index is -0.597. The first kappa shape index (κ1) is 16.4. The Morgan fingerprint density at radius 1 is 1.41 bits per heavy atom. The molecule has 118 valence electrons. The molecule has 1 heterocycles. The van der Waals surface area contributed by atoms with E-state index in [0.29, 0.717) is 22.9 Å². The molecule has 0 radical (unpaired) electrons. The first-order chi connectivity index (χ1) is 10.5. The summed E-state index contributed by atoms with van der Waals surface area (Å²) in [5.41, 5.74) is 1.22. The van der Waals surface area contributed by atoms with Crippen LogP contribution in [0.5, 0.6) is 5.75 Å². The van der Waals surface area contributed by atoms with Crippen molar-refractivity contribution in [1.29, 1.82) is 0 Å². The van der Waals surface area contributed by atoms with E-state index in [2.05, 4.69) is 10.6 Å². The van der Waals surface area contributed by atoms with Gasteiger partial charge in [-0.15, -0.1) is 0 Å². The highest BCUT2D eigenvalue weighted by Crippen LogP contribution is 2.28. The highest BCUT2D eigenvalue weighted by molar-refractivity contribution is 6.30. The molecule has 1 atom stereocenters. The van der Waals surface area contributed by atoms with Crippen molar-refractivity contribution in [2.75, 3.05) is 13.2 Å². The van der Waals surface area contributed by atoms with Crippen molar-refractivity contribution >= 4 is 29.5 Å². The molecular formula is C16H19ClN2O3. The smallest absolute Gasteiger partial charge is 0.251 e. The largest absolute Gasteiger partial charge is 0.488 e. The summed E-state index contributed by atoms with van der Waals surface area (Å²) in [7, 11) is 0. The van der Waals surface area contributed by atoms with Crippen LogP contribution in [0, 0.1) is 0 Å². The van der Waals surface area contributed by atoms with Gasteiger partial charge in [0, 0.05) is 17.1 Å². The molecule has 0 unspecified atom stereocenters. The van der Waals surface area contributed by atoms with Gasteiger partial charge in [-0.1, -0.05) is 18.5 Å². The highest BCUT2D eigenvalue weighted by Gasteiger charge is 2.21. The third-order valence-electron chi connectivity index (χ3n) is 3.27. The number of rotatable bonds is 5. The van der Waals surface area contributed by atoms with Crippen molar-refractivity contribution in [3.8, 4) is 5.75 Å². The fraction of sp³-hybridized carbons (Fsp3) is 0.375. The van der Waals surface area contributed by atoms with Crippen LogP contribution < -0.4 is 15.4 Å². The summed E-state index contributed by atoms with van der Waals surface area (Å²) in [6.07, 6.45) is 2.58. The lowest BCUT2D eigenvalue weighted by atomic mass is 10.1. The molecule has 2 amide bonds. The van der Waals surface area contributed by atoms with Gasteiger partial charge >= 0.3 is 0 Å². The van der Waals surface area contributed by atoms with E-state index in [0.717, 1.165) is 12.0 Å². The molecule has 0 fully saturated rings. The molecule has 1 aliphatic rings. The molecule has 1 aromatic rings. The molecule has 2 rings (SSSR count). The van der Waals surface area contributed by atoms with E-state index in [1.54, 1.807) is 31.2 Å². The minimum Gasteiger partial charge on any atom is -0.488 e. The molecule has 0 spiro atoms. The lowest BCUT2D eigenvalue weighted by Crippen LogP contribution is -2.46. The van der Waals surface area contributed by atoms with Gasteiger partial charge in [-0.2, -0.15) is 0 Å². The Balaban J connectivity index is 2.03. The van der Waals surface area contributed by atoms with Crippen LogP contribution in [0.25, 0.3) is 6.08 Å². The summed E-state index contributed by atoms with van der Waals surface area (Å²) in [6, 6.07) is 4.64. The monoisotopic (exact) mass is 322 g/mol. The molecule has 6 heteroatoms. The SMILES string of the molecule is CCCNC(=O)[C@@H](C)NC(=O)C1=Cc2cc(Cl)ccc2OC1. The van der Waals surface area contributed by atoms with Crippen LogP contribution >= 0.6 is 11.6 Å². The second-order valence-corrected chi connectivity index (χ2v) is 5.56. The molecule has 2 N–H and O–H groups in total. The predicted octanol–water partition coefficient (Wildman–Crippen LogP) is 2.15. The van der Waals surface area contributed by atoms with Gasteiger partial charge < -0.3 is 15.4 Å². The quantitative estimate of drug-likeness (QED) is 0.873. The summed E-state index contributed by atoms with van der Waals surface area (Å²) in [5.74, 6) is 0.176. The van der Waals surface area contributed by atoms with Gasteiger partial charge in [0.05, 0.1) is 5.57 Å². The van der Waals surface area contributed by atoms with E-state index < -0.39 is 6.04 Å². The Kier molecular flexibility index (Phi) is 5.44. The molecule has 1 aliphatic heterocycles. The maximum Gasteiger partial charge on any atom is 0.251 e. The summed E-state index contributed by atoms with van der Waals surface area (Å²) in [4.78, 5) is 24.0. The van der Waals surface area contributed by atoms with Gasteiger partial charge in [0.25, 0.3) is 5.91 Å². The van der Waals surface area contributed by atoms with Crippen LogP contribution in [-0.4, -0.2) is 31.0 Å². The van der Waals surface area contributed by atoms with Crippen LogP contribution in [0.3, 0.4) is 0 Å². The zero-order chi connectivity index (χ0) is 16.1. The van der Waals surface area contributed by atoms with E-state index in [9.17, 15) is 9.59 Å². The molecular weight excluding hydrogens is 304 g/mol. The number of hydrogen-bond acceptors (Lipinski definition) is 3. The Morgan fingerprint density at radius 2 is 2.18 bits per heavy atom. The molecule has 22 heavy (non-hydrogen) atoms. The third-order valence-corrected chi connectivity index (χ3v) is 3.50. The molecule has 0 bridgehead atoms. The Labute approximate surface area is 134 Å². The van der Waals surface area contributed by atoms with Gasteiger partial charge in [0.15, 0.2) is 0 Å². The van der Waals surface area contributed by atoms with Gasteiger partial charge in [-0.25, -0.2) is 0 Å². The van der Waals surface area contributed by atoms with Crippen LogP contribution in [0.4, 0.5) is 0 Å². The number of nitrogens with one attached hydrogen (secondary N) is 2. The molecule has 5 nitrogen and oxygen atoms in total. The van der Waals surface area contributed by atoms with Crippen molar-refractivity contribution in [1.82, 2.24) is 10.6 Å². The maximum absolute atomic E-state index is 12.2. The summed E-state index contributed by atoms with van der Waals surface area (Å²) in [5, 5.41) is 5.99. The first-order valence-electron chi connectivity index (χ1n) is 7.22. The number of carbonyl (C=O) groups excluding carboxylic acids is 2. The summed E-state index contributed by atoms with van der Waals surface area (Å²) < 4.78 is 5.53. The van der Waals surface area contributed by atoms with Gasteiger partial charge in [0.1, 0.15) is 18.4 Å². The van der Waals surface area contributed by atoms with Crippen molar-refractivity contribution in [3.63, 3.8) is 0 Å². The van der Waals surface area contributed by atoms with Gasteiger partial charge in [-0.05, 0) is 37.6 Å². The number of carbonyl (C=O) groups is 2. The zero-order valence-electron chi connectivity index (χ0n) is 12.6. The summed E-state index contributed by atoms with van der Waals surface area (Å²) >= 11 is 5.94. The molecule has 0 aromatic heterocycles. The standard InChI is InChI=1S/C16H19ClN2O3/c1-3-6-18-15(20)10(2)19-16(21)12-7-11-8-13(17)4-5-14(11)22-9-12/h4-5,7-8,10H,3,6,9H2,1-2H3,(H,18,20)(H,19,21)/t10-/m1/s1. The Hall–Kier alpha value is -2.01. The molecule has 0 saturated heterocycles. The van der Waals surface area contributed by atoms with Crippen molar-refractivity contribution in [3.05, 3.63) is 34.4 Å². The highest BCUT2D eigenvalue weighted by atomic mass is 35.5. The van der Waals surface area contributed by atoms with Crippen molar-refractivity contribution in [2.45, 2.75) is 26.3 Å². The van der Waals surface area contributed by atoms with Crippen LogP contribution in [0.2, 0.25) is 5.02 Å². The van der Waals surface area contributed by atoms with Crippen LogP contribution in [0.1, 0.15) is 25.8 Å². The Bertz CT molecular complexity index is 613. The molecule has 1 aromatic carbocycles. The van der Waals surface area contributed by atoms with Crippen LogP contribution in [0.15, 0.2) is 23.8 Å². The predicted molar refractivity (Wildman–Crippen MR) is 85.8 cm³/mol. The number of ether oxygens (including phenoxy) is 1. The van der Waals surface area contributed by atoms with Crippen molar-refractivity contribution < 1.29 is 14.3 Å². The fourth-order valence-electron chi connectivity index (χ4n) is 2.04. The molecule has 0 saturated carbocycles. The van der Waals surface area contributed by atoms with E-state index >= 15 is 0 Å². The average Bonchev–Trinajstić information content (AvgIpc) is 2.51. The molecule has 0 aliphatic carbocycles. The number of halogens is 1. The Morgan fingerprint density at radius 3 is 2.91 bits per heavy atom. The van der Waals surface area contributed by atoms with Crippen molar-refractivity contribution in [2.24, 2.45) is 0 Å². The zero-order valence-corrected chi connectivity index (χ0v) is 13.4. The first-order valence-corrected chi connectivity index (χ1v) is 7.60. The lowest BCUT2D eigenvalue weighted by molar-refractivity contribution is -0.127. The maximum atomic E-state index is 12.2. The lowest BCUT2D eigenvalue weighted by Gasteiger charge is -2.19. The van der Waals surface area contributed by atoms with E-state index in [-0.39, 0.29) is 18.4 Å². The average molecular weight is 323 g/mol. The van der Waals surface area contributed by atoms with E-state index in [1.165, 1.54) is 0 Å². The number of amides is 2. The minimum absolute atomic E-state index is 0.170. The van der Waals surface area contributed by atoms with E-state index in [4.69, 9.17) is 16.3 Å². The normalized spacial score (nSPS) is 14.2. The topological polar surface area (TPSA) is 67.4 Å². The number of fused-ring (bicyclic) bond motifs is 1.